The first-order valence-corrected chi connectivity index (χ1v) is 9.91. The van der Waals surface area contributed by atoms with Gasteiger partial charge in [0.2, 0.25) is 5.16 Å². The van der Waals surface area contributed by atoms with Gasteiger partial charge in [0.25, 0.3) is 0 Å². The van der Waals surface area contributed by atoms with E-state index in [0.29, 0.717) is 11.8 Å². The van der Waals surface area contributed by atoms with Crippen LogP contribution >= 0.6 is 23.3 Å². The number of nitrogens with zero attached hydrogens (tertiary/aromatic N) is 6. The van der Waals surface area contributed by atoms with Crippen molar-refractivity contribution in [3.05, 3.63) is 54.6 Å². The fourth-order valence-corrected chi connectivity index (χ4v) is 4.11. The number of rotatable bonds is 6. The predicted molar refractivity (Wildman–Crippen MR) is 105 cm³/mol. The largest absolute Gasteiger partial charge is 0.494 e. The molecule has 0 saturated heterocycles. The quantitative estimate of drug-likeness (QED) is 0.487. The molecule has 0 aliphatic heterocycles. The van der Waals surface area contributed by atoms with Crippen molar-refractivity contribution in [2.45, 2.75) is 23.3 Å². The Morgan fingerprint density at radius 3 is 2.67 bits per heavy atom. The van der Waals surface area contributed by atoms with Crippen LogP contribution < -0.4 is 4.74 Å². The van der Waals surface area contributed by atoms with E-state index < -0.39 is 0 Å². The Balaban J connectivity index is 1.79. The third kappa shape index (κ3) is 3.83. The minimum atomic E-state index is 0.629. The summed E-state index contributed by atoms with van der Waals surface area (Å²) < 4.78 is 12.6. The molecular formula is C18H16N6OS2. The van der Waals surface area contributed by atoms with E-state index in [1.54, 1.807) is 12.4 Å². The molecule has 0 bridgehead atoms. The lowest BCUT2D eigenvalue weighted by Gasteiger charge is -2.10. The second-order valence-electron chi connectivity index (χ2n) is 5.52. The van der Waals surface area contributed by atoms with Crippen LogP contribution in [0.5, 0.6) is 5.75 Å². The predicted octanol–water partition coefficient (Wildman–Crippen LogP) is 4.04. The standard InChI is InChI=1S/C18H16N6OS2/c1-3-25-15-8-6-14(7-9-15)24-16(13-5-4-10-19-11-13)21-22-17(24)26-18-20-12(2)23-27-18/h4-11H,3H2,1-2H3. The Labute approximate surface area is 164 Å². The molecule has 0 saturated carbocycles. The van der Waals surface area contributed by atoms with E-state index in [1.165, 1.54) is 23.3 Å². The number of benzene rings is 1. The molecular weight excluding hydrogens is 380 g/mol. The van der Waals surface area contributed by atoms with Gasteiger partial charge in [-0.2, -0.15) is 4.37 Å². The highest BCUT2D eigenvalue weighted by atomic mass is 32.2. The lowest BCUT2D eigenvalue weighted by Crippen LogP contribution is -2.00. The summed E-state index contributed by atoms with van der Waals surface area (Å²) in [6.07, 6.45) is 3.51. The second kappa shape index (κ2) is 7.85. The molecule has 3 heterocycles. The van der Waals surface area contributed by atoms with Gasteiger partial charge in [-0.25, -0.2) is 4.98 Å². The molecule has 27 heavy (non-hydrogen) atoms. The molecule has 4 rings (SSSR count). The minimum Gasteiger partial charge on any atom is -0.494 e. The van der Waals surface area contributed by atoms with E-state index >= 15 is 0 Å². The van der Waals surface area contributed by atoms with Gasteiger partial charge in [-0.15, -0.1) is 10.2 Å². The highest BCUT2D eigenvalue weighted by Gasteiger charge is 2.18. The molecule has 0 spiro atoms. The van der Waals surface area contributed by atoms with Gasteiger partial charge < -0.3 is 4.74 Å². The normalized spacial score (nSPS) is 10.9. The lowest BCUT2D eigenvalue weighted by atomic mass is 10.2. The number of aromatic nitrogens is 6. The van der Waals surface area contributed by atoms with Crippen molar-refractivity contribution in [1.82, 2.24) is 29.1 Å². The molecule has 0 fully saturated rings. The van der Waals surface area contributed by atoms with Crippen LogP contribution in [-0.2, 0) is 0 Å². The van der Waals surface area contributed by atoms with Gasteiger partial charge in [-0.05, 0) is 73.5 Å². The zero-order chi connectivity index (χ0) is 18.6. The first-order valence-electron chi connectivity index (χ1n) is 8.32. The maximum Gasteiger partial charge on any atom is 0.203 e. The van der Waals surface area contributed by atoms with Crippen LogP contribution in [0.3, 0.4) is 0 Å². The smallest absolute Gasteiger partial charge is 0.203 e. The number of aryl methyl sites for hydroxylation is 1. The molecule has 4 aromatic rings. The molecule has 0 amide bonds. The number of ether oxygens (including phenoxy) is 1. The van der Waals surface area contributed by atoms with E-state index in [0.717, 1.165) is 33.0 Å². The van der Waals surface area contributed by atoms with Gasteiger partial charge in [0, 0.05) is 18.0 Å². The van der Waals surface area contributed by atoms with Crippen molar-refractivity contribution in [3.8, 4) is 22.8 Å². The Morgan fingerprint density at radius 2 is 2.00 bits per heavy atom. The van der Waals surface area contributed by atoms with Gasteiger partial charge in [-0.1, -0.05) is 0 Å². The summed E-state index contributed by atoms with van der Waals surface area (Å²) in [6, 6.07) is 11.7. The Kier molecular flexibility index (Phi) is 5.12. The summed E-state index contributed by atoms with van der Waals surface area (Å²) in [4.78, 5) is 8.62. The first kappa shape index (κ1) is 17.6. The minimum absolute atomic E-state index is 0.629. The monoisotopic (exact) mass is 396 g/mol. The van der Waals surface area contributed by atoms with Gasteiger partial charge in [0.1, 0.15) is 11.6 Å². The van der Waals surface area contributed by atoms with Crippen molar-refractivity contribution in [3.63, 3.8) is 0 Å². The number of hydrogen-bond acceptors (Lipinski definition) is 8. The van der Waals surface area contributed by atoms with Crippen molar-refractivity contribution in [2.24, 2.45) is 0 Å². The van der Waals surface area contributed by atoms with Crippen molar-refractivity contribution < 1.29 is 4.74 Å². The van der Waals surface area contributed by atoms with E-state index in [2.05, 4.69) is 24.5 Å². The van der Waals surface area contributed by atoms with Gasteiger partial charge in [0.05, 0.1) is 12.3 Å². The average Bonchev–Trinajstić information content (AvgIpc) is 3.30. The molecule has 0 unspecified atom stereocenters. The molecule has 9 heteroatoms. The molecule has 3 aromatic heterocycles. The lowest BCUT2D eigenvalue weighted by molar-refractivity contribution is 0.340. The van der Waals surface area contributed by atoms with Crippen LogP contribution in [0, 0.1) is 6.92 Å². The summed E-state index contributed by atoms with van der Waals surface area (Å²) in [5.41, 5.74) is 1.82. The van der Waals surface area contributed by atoms with Gasteiger partial charge in [0.15, 0.2) is 10.2 Å². The average molecular weight is 397 g/mol. The molecule has 0 N–H and O–H groups in total. The van der Waals surface area contributed by atoms with Gasteiger partial charge in [-0.3, -0.25) is 9.55 Å². The zero-order valence-electron chi connectivity index (χ0n) is 14.7. The highest BCUT2D eigenvalue weighted by molar-refractivity contribution is 8.00. The van der Waals surface area contributed by atoms with Crippen LogP contribution in [0.1, 0.15) is 12.7 Å². The van der Waals surface area contributed by atoms with Crippen molar-refractivity contribution >= 4 is 23.3 Å². The van der Waals surface area contributed by atoms with E-state index in [4.69, 9.17) is 4.74 Å². The summed E-state index contributed by atoms with van der Waals surface area (Å²) in [6.45, 7) is 4.47. The van der Waals surface area contributed by atoms with Crippen LogP contribution in [0.4, 0.5) is 0 Å². The summed E-state index contributed by atoms with van der Waals surface area (Å²) in [5, 5.41) is 9.51. The van der Waals surface area contributed by atoms with E-state index in [9.17, 15) is 0 Å². The van der Waals surface area contributed by atoms with Crippen LogP contribution in [0.2, 0.25) is 0 Å². The summed E-state index contributed by atoms with van der Waals surface area (Å²) in [7, 11) is 0. The Morgan fingerprint density at radius 1 is 1.15 bits per heavy atom. The Hall–Kier alpha value is -2.78. The second-order valence-corrected chi connectivity index (χ2v) is 7.49. The first-order chi connectivity index (χ1) is 13.2. The molecule has 1 aromatic carbocycles. The number of hydrogen-bond donors (Lipinski definition) is 0. The Bertz CT molecular complexity index is 1030. The van der Waals surface area contributed by atoms with Crippen LogP contribution in [-0.4, -0.2) is 35.7 Å². The maximum atomic E-state index is 5.55. The summed E-state index contributed by atoms with van der Waals surface area (Å²) >= 11 is 2.79. The van der Waals surface area contributed by atoms with Gasteiger partial charge >= 0.3 is 0 Å². The molecule has 0 aliphatic carbocycles. The SMILES string of the molecule is CCOc1ccc(-n2c(Sc3nc(C)ns3)nnc2-c2cccnc2)cc1. The molecule has 136 valence electrons. The van der Waals surface area contributed by atoms with Crippen LogP contribution in [0.25, 0.3) is 17.1 Å². The molecule has 0 aliphatic rings. The zero-order valence-corrected chi connectivity index (χ0v) is 16.4. The van der Waals surface area contributed by atoms with E-state index in [-0.39, 0.29) is 0 Å². The maximum absolute atomic E-state index is 5.55. The topological polar surface area (TPSA) is 78.6 Å². The van der Waals surface area contributed by atoms with E-state index in [1.807, 2.05) is 54.8 Å². The van der Waals surface area contributed by atoms with Crippen molar-refractivity contribution in [2.75, 3.05) is 6.61 Å². The highest BCUT2D eigenvalue weighted by Crippen LogP contribution is 2.33. The molecule has 0 radical (unpaired) electrons. The van der Waals surface area contributed by atoms with Crippen molar-refractivity contribution in [1.29, 1.82) is 0 Å². The molecule has 0 atom stereocenters. The van der Waals surface area contributed by atoms with Crippen LogP contribution in [0.15, 0.2) is 58.3 Å². The fraction of sp³-hybridized carbons (Fsp3) is 0.167. The third-order valence-corrected chi connectivity index (χ3v) is 5.44. The third-order valence-electron chi connectivity index (χ3n) is 3.65. The molecule has 7 nitrogen and oxygen atoms in total. The summed E-state index contributed by atoms with van der Waals surface area (Å²) in [5.74, 6) is 2.30. The number of pyridine rings is 1. The fourth-order valence-electron chi connectivity index (χ4n) is 2.51.